The Morgan fingerprint density at radius 2 is 1.96 bits per heavy atom. The van der Waals surface area contributed by atoms with E-state index in [1.54, 1.807) is 18.2 Å². The van der Waals surface area contributed by atoms with Gasteiger partial charge in [-0.05, 0) is 48.2 Å². The molecule has 1 amide bonds. The third-order valence-corrected chi connectivity index (χ3v) is 4.71. The molecule has 0 saturated carbocycles. The summed E-state index contributed by atoms with van der Waals surface area (Å²) >= 11 is 5.95. The van der Waals surface area contributed by atoms with Gasteiger partial charge in [-0.15, -0.1) is 0 Å². The molecule has 0 radical (unpaired) electrons. The Morgan fingerprint density at radius 3 is 2.65 bits per heavy atom. The maximum atomic E-state index is 12.5. The number of anilines is 1. The summed E-state index contributed by atoms with van der Waals surface area (Å²) in [5.74, 6) is 0.195. The first kappa shape index (κ1) is 18.1. The van der Waals surface area contributed by atoms with E-state index in [0.717, 1.165) is 6.42 Å². The monoisotopic (exact) mass is 369 g/mol. The Hall–Kier alpha value is -2.66. The highest BCUT2D eigenvalue weighted by atomic mass is 35.5. The molecule has 1 N–H and O–H groups in total. The van der Waals surface area contributed by atoms with E-state index in [2.05, 4.69) is 24.1 Å². The summed E-state index contributed by atoms with van der Waals surface area (Å²) in [6.07, 6.45) is 2.44. The average molecular weight is 370 g/mol. The smallest absolute Gasteiger partial charge is 0.261 e. The zero-order valence-corrected chi connectivity index (χ0v) is 15.5. The molecule has 6 heteroatoms. The van der Waals surface area contributed by atoms with E-state index in [1.165, 1.54) is 16.5 Å². The molecule has 0 bridgehead atoms. The molecule has 0 aliphatic heterocycles. The van der Waals surface area contributed by atoms with Gasteiger partial charge in [0.15, 0.2) is 0 Å². The van der Waals surface area contributed by atoms with Crippen molar-refractivity contribution in [2.45, 2.75) is 32.7 Å². The molecular weight excluding hydrogens is 350 g/mol. The standard InChI is InChI=1S/C20H20ClN3O2/c1-3-13(2)14-4-7-16(8-5-14)23-19(25)11-24-12-22-18-9-6-15(21)10-17(18)20(24)26/h4-10,12-13H,3,11H2,1-2H3,(H,23,25)/t13-/m0/s1. The molecule has 0 saturated heterocycles. The third kappa shape index (κ3) is 3.94. The number of rotatable bonds is 5. The number of hydrogen-bond donors (Lipinski definition) is 1. The molecule has 0 spiro atoms. The summed E-state index contributed by atoms with van der Waals surface area (Å²) in [5.41, 5.74) is 2.20. The van der Waals surface area contributed by atoms with Gasteiger partial charge in [0.05, 0.1) is 17.2 Å². The molecule has 1 atom stereocenters. The van der Waals surface area contributed by atoms with Gasteiger partial charge in [-0.25, -0.2) is 4.98 Å². The van der Waals surface area contributed by atoms with Gasteiger partial charge in [-0.2, -0.15) is 0 Å². The first-order chi connectivity index (χ1) is 12.5. The van der Waals surface area contributed by atoms with Crippen molar-refractivity contribution in [3.8, 4) is 0 Å². The zero-order valence-electron chi connectivity index (χ0n) is 14.7. The van der Waals surface area contributed by atoms with Crippen LogP contribution in [0.1, 0.15) is 31.7 Å². The van der Waals surface area contributed by atoms with Gasteiger partial charge in [-0.1, -0.05) is 37.6 Å². The van der Waals surface area contributed by atoms with E-state index in [9.17, 15) is 9.59 Å². The summed E-state index contributed by atoms with van der Waals surface area (Å²) < 4.78 is 1.28. The molecule has 1 aromatic heterocycles. The van der Waals surface area contributed by atoms with E-state index >= 15 is 0 Å². The highest BCUT2D eigenvalue weighted by Gasteiger charge is 2.09. The second kappa shape index (κ2) is 7.70. The molecule has 3 rings (SSSR count). The number of carbonyl (C=O) groups excluding carboxylic acids is 1. The number of hydrogen-bond acceptors (Lipinski definition) is 3. The van der Waals surface area contributed by atoms with Crippen LogP contribution in [0.15, 0.2) is 53.6 Å². The predicted octanol–water partition coefficient (Wildman–Crippen LogP) is 4.20. The average Bonchev–Trinajstić information content (AvgIpc) is 2.64. The first-order valence-corrected chi connectivity index (χ1v) is 8.90. The molecule has 0 fully saturated rings. The van der Waals surface area contributed by atoms with E-state index in [4.69, 9.17) is 11.6 Å². The molecule has 134 valence electrons. The number of benzene rings is 2. The van der Waals surface area contributed by atoms with Gasteiger partial charge in [0.1, 0.15) is 6.54 Å². The van der Waals surface area contributed by atoms with E-state index < -0.39 is 0 Å². The van der Waals surface area contributed by atoms with Crippen LogP contribution in [-0.2, 0) is 11.3 Å². The Morgan fingerprint density at radius 1 is 1.23 bits per heavy atom. The Labute approximate surface area is 156 Å². The fourth-order valence-corrected chi connectivity index (χ4v) is 2.90. The number of aromatic nitrogens is 2. The number of nitrogens with zero attached hydrogens (tertiary/aromatic N) is 2. The normalized spacial score (nSPS) is 12.1. The fraction of sp³-hybridized carbons (Fsp3) is 0.250. The number of carbonyl (C=O) groups is 1. The minimum absolute atomic E-state index is 0.110. The van der Waals surface area contributed by atoms with E-state index in [0.29, 0.717) is 27.5 Å². The van der Waals surface area contributed by atoms with Gasteiger partial charge in [0.2, 0.25) is 5.91 Å². The van der Waals surface area contributed by atoms with Crippen LogP contribution in [0.5, 0.6) is 0 Å². The fourth-order valence-electron chi connectivity index (χ4n) is 2.73. The van der Waals surface area contributed by atoms with E-state index in [1.807, 2.05) is 24.3 Å². The molecule has 2 aromatic carbocycles. The molecule has 0 aliphatic rings. The molecule has 26 heavy (non-hydrogen) atoms. The van der Waals surface area contributed by atoms with Gasteiger partial charge in [0.25, 0.3) is 5.56 Å². The lowest BCUT2D eigenvalue weighted by Crippen LogP contribution is -2.27. The van der Waals surface area contributed by atoms with Crippen molar-refractivity contribution >= 4 is 34.1 Å². The summed E-state index contributed by atoms with van der Waals surface area (Å²) in [6.45, 7) is 4.20. The Balaban J connectivity index is 1.75. The van der Waals surface area contributed by atoms with Crippen LogP contribution in [0.3, 0.4) is 0 Å². The highest BCUT2D eigenvalue weighted by molar-refractivity contribution is 6.31. The van der Waals surface area contributed by atoms with Crippen LogP contribution >= 0.6 is 11.6 Å². The largest absolute Gasteiger partial charge is 0.325 e. The Kier molecular flexibility index (Phi) is 5.38. The lowest BCUT2D eigenvalue weighted by molar-refractivity contribution is -0.116. The summed E-state index contributed by atoms with van der Waals surface area (Å²) in [5, 5.41) is 3.66. The summed E-state index contributed by atoms with van der Waals surface area (Å²) in [6, 6.07) is 12.7. The molecular formula is C20H20ClN3O2. The maximum Gasteiger partial charge on any atom is 0.261 e. The number of fused-ring (bicyclic) bond motifs is 1. The molecule has 0 unspecified atom stereocenters. The molecule has 3 aromatic rings. The first-order valence-electron chi connectivity index (χ1n) is 8.52. The van der Waals surface area contributed by atoms with Gasteiger partial charge in [-0.3, -0.25) is 14.2 Å². The predicted molar refractivity (Wildman–Crippen MR) is 105 cm³/mol. The van der Waals surface area contributed by atoms with Crippen LogP contribution < -0.4 is 10.9 Å². The highest BCUT2D eigenvalue weighted by Crippen LogP contribution is 2.20. The summed E-state index contributed by atoms with van der Waals surface area (Å²) in [4.78, 5) is 29.0. The quantitative estimate of drug-likeness (QED) is 0.733. The number of halogens is 1. The van der Waals surface area contributed by atoms with Crippen molar-refractivity contribution in [1.82, 2.24) is 9.55 Å². The lowest BCUT2D eigenvalue weighted by Gasteiger charge is -2.11. The van der Waals surface area contributed by atoms with Crippen molar-refractivity contribution in [3.63, 3.8) is 0 Å². The van der Waals surface area contributed by atoms with Gasteiger partial charge < -0.3 is 5.32 Å². The van der Waals surface area contributed by atoms with Crippen molar-refractivity contribution in [2.24, 2.45) is 0 Å². The number of amides is 1. The third-order valence-electron chi connectivity index (χ3n) is 4.48. The van der Waals surface area contributed by atoms with Crippen LogP contribution in [-0.4, -0.2) is 15.5 Å². The SMILES string of the molecule is CC[C@H](C)c1ccc(NC(=O)Cn2cnc3ccc(Cl)cc3c2=O)cc1. The molecule has 5 nitrogen and oxygen atoms in total. The van der Waals surface area contributed by atoms with Crippen molar-refractivity contribution in [3.05, 3.63) is 69.7 Å². The van der Waals surface area contributed by atoms with Crippen molar-refractivity contribution in [1.29, 1.82) is 0 Å². The lowest BCUT2D eigenvalue weighted by atomic mass is 9.99. The van der Waals surface area contributed by atoms with Gasteiger partial charge in [0, 0.05) is 10.7 Å². The topological polar surface area (TPSA) is 64.0 Å². The van der Waals surface area contributed by atoms with E-state index in [-0.39, 0.29) is 18.0 Å². The van der Waals surface area contributed by atoms with Crippen LogP contribution in [0.25, 0.3) is 10.9 Å². The van der Waals surface area contributed by atoms with Crippen molar-refractivity contribution in [2.75, 3.05) is 5.32 Å². The number of nitrogens with one attached hydrogen (secondary N) is 1. The van der Waals surface area contributed by atoms with Crippen molar-refractivity contribution < 1.29 is 4.79 Å². The van der Waals surface area contributed by atoms with Crippen LogP contribution in [0.2, 0.25) is 5.02 Å². The second-order valence-corrected chi connectivity index (χ2v) is 6.76. The maximum absolute atomic E-state index is 12.5. The molecule has 1 heterocycles. The minimum Gasteiger partial charge on any atom is -0.325 e. The minimum atomic E-state index is -0.292. The molecule has 0 aliphatic carbocycles. The Bertz CT molecular complexity index is 996. The second-order valence-electron chi connectivity index (χ2n) is 6.32. The van der Waals surface area contributed by atoms with Crippen LogP contribution in [0.4, 0.5) is 5.69 Å². The van der Waals surface area contributed by atoms with Gasteiger partial charge >= 0.3 is 0 Å². The van der Waals surface area contributed by atoms with Crippen LogP contribution in [0, 0.1) is 0 Å². The zero-order chi connectivity index (χ0) is 18.7. The summed E-state index contributed by atoms with van der Waals surface area (Å²) in [7, 11) is 0.